The third kappa shape index (κ3) is 2.77. The summed E-state index contributed by atoms with van der Waals surface area (Å²) in [5.41, 5.74) is 3.28. The second kappa shape index (κ2) is 7.11. The second-order valence-electron chi connectivity index (χ2n) is 8.80. The van der Waals surface area contributed by atoms with Crippen molar-refractivity contribution in [2.24, 2.45) is 14.1 Å². The highest BCUT2D eigenvalue weighted by molar-refractivity contribution is 6.04. The summed E-state index contributed by atoms with van der Waals surface area (Å²) in [7, 11) is 3.23. The van der Waals surface area contributed by atoms with E-state index in [2.05, 4.69) is 14.8 Å². The van der Waals surface area contributed by atoms with Crippen molar-refractivity contribution in [3.8, 4) is 0 Å². The molecule has 2 aliphatic rings. The smallest absolute Gasteiger partial charge is 0.325 e. The van der Waals surface area contributed by atoms with Gasteiger partial charge in [0.25, 0.3) is 5.56 Å². The molecular formula is C22H29N5O2. The van der Waals surface area contributed by atoms with Gasteiger partial charge in [0.2, 0.25) is 0 Å². The molecule has 3 heterocycles. The lowest BCUT2D eigenvalue weighted by molar-refractivity contribution is 0.439. The van der Waals surface area contributed by atoms with Gasteiger partial charge in [-0.1, -0.05) is 32.1 Å². The van der Waals surface area contributed by atoms with Crippen molar-refractivity contribution < 1.29 is 0 Å². The van der Waals surface area contributed by atoms with E-state index in [4.69, 9.17) is 0 Å². The first kappa shape index (κ1) is 18.6. The second-order valence-corrected chi connectivity index (χ2v) is 8.80. The zero-order chi connectivity index (χ0) is 20.1. The minimum absolute atomic E-state index is 0.256. The molecule has 1 fully saturated rings. The molecule has 2 aliphatic carbocycles. The van der Waals surface area contributed by atoms with Crippen LogP contribution in [-0.2, 0) is 26.9 Å². The highest BCUT2D eigenvalue weighted by Gasteiger charge is 2.28. The Morgan fingerprint density at radius 3 is 2.17 bits per heavy atom. The van der Waals surface area contributed by atoms with E-state index >= 15 is 0 Å². The molecule has 5 rings (SSSR count). The predicted molar refractivity (Wildman–Crippen MR) is 114 cm³/mol. The van der Waals surface area contributed by atoms with Gasteiger partial charge in [-0.15, -0.1) is 10.2 Å². The summed E-state index contributed by atoms with van der Waals surface area (Å²) in [6.07, 6.45) is 13.0. The molecular weight excluding hydrogens is 366 g/mol. The largest absolute Gasteiger partial charge is 0.332 e. The minimum atomic E-state index is -0.356. The lowest BCUT2D eigenvalue weighted by Gasteiger charge is -2.21. The topological polar surface area (TPSA) is 74.7 Å². The van der Waals surface area contributed by atoms with Crippen LogP contribution in [0.5, 0.6) is 0 Å². The SMILES string of the molecule is Cn1c(=O)c2c3c4c(n(C5CCCCCC5)c3nnc2n(C)c1=O)CCCCC4. The molecule has 3 aromatic heterocycles. The maximum atomic E-state index is 13.2. The van der Waals surface area contributed by atoms with Crippen molar-refractivity contribution in [3.63, 3.8) is 0 Å². The fraction of sp³-hybridized carbons (Fsp3) is 0.636. The van der Waals surface area contributed by atoms with Gasteiger partial charge >= 0.3 is 5.69 Å². The number of hydrogen-bond acceptors (Lipinski definition) is 4. The Bertz CT molecular complexity index is 1210. The van der Waals surface area contributed by atoms with Gasteiger partial charge in [-0.05, 0) is 44.1 Å². The van der Waals surface area contributed by atoms with Crippen LogP contribution in [0.4, 0.5) is 0 Å². The molecule has 0 saturated heterocycles. The zero-order valence-corrected chi connectivity index (χ0v) is 17.4. The summed E-state index contributed by atoms with van der Waals surface area (Å²) in [5.74, 6) is 0. The van der Waals surface area contributed by atoms with E-state index < -0.39 is 0 Å². The molecule has 0 bridgehead atoms. The van der Waals surface area contributed by atoms with Crippen LogP contribution in [0.2, 0.25) is 0 Å². The molecule has 7 heteroatoms. The molecule has 0 atom stereocenters. The van der Waals surface area contributed by atoms with E-state index in [-0.39, 0.29) is 11.2 Å². The third-order valence-corrected chi connectivity index (χ3v) is 7.05. The maximum Gasteiger partial charge on any atom is 0.332 e. The van der Waals surface area contributed by atoms with Gasteiger partial charge in [-0.2, -0.15) is 0 Å². The third-order valence-electron chi connectivity index (χ3n) is 7.05. The minimum Gasteiger partial charge on any atom is -0.325 e. The van der Waals surface area contributed by atoms with Crippen molar-refractivity contribution in [1.82, 2.24) is 23.9 Å². The summed E-state index contributed by atoms with van der Waals surface area (Å²) >= 11 is 0. The molecule has 0 unspecified atom stereocenters. The first-order valence-electron chi connectivity index (χ1n) is 11.1. The predicted octanol–water partition coefficient (Wildman–Crippen LogP) is 3.15. The molecule has 0 aliphatic heterocycles. The van der Waals surface area contributed by atoms with E-state index in [1.165, 1.54) is 71.8 Å². The van der Waals surface area contributed by atoms with Gasteiger partial charge in [-0.3, -0.25) is 13.9 Å². The van der Waals surface area contributed by atoms with Gasteiger partial charge in [0.1, 0.15) is 0 Å². The van der Waals surface area contributed by atoms with Crippen molar-refractivity contribution in [2.75, 3.05) is 0 Å². The van der Waals surface area contributed by atoms with Gasteiger partial charge in [-0.25, -0.2) is 4.79 Å². The Morgan fingerprint density at radius 1 is 0.759 bits per heavy atom. The molecule has 3 aromatic rings. The summed E-state index contributed by atoms with van der Waals surface area (Å²) in [4.78, 5) is 25.6. The Morgan fingerprint density at radius 2 is 1.41 bits per heavy atom. The first-order valence-corrected chi connectivity index (χ1v) is 11.1. The van der Waals surface area contributed by atoms with Crippen LogP contribution < -0.4 is 11.2 Å². The van der Waals surface area contributed by atoms with E-state index in [9.17, 15) is 9.59 Å². The van der Waals surface area contributed by atoms with Crippen molar-refractivity contribution in [1.29, 1.82) is 0 Å². The van der Waals surface area contributed by atoms with Gasteiger partial charge < -0.3 is 4.57 Å². The highest BCUT2D eigenvalue weighted by atomic mass is 16.2. The Hall–Kier alpha value is -2.44. The molecule has 1 saturated carbocycles. The molecule has 0 amide bonds. The van der Waals surface area contributed by atoms with Crippen LogP contribution in [-0.4, -0.2) is 23.9 Å². The fourth-order valence-electron chi connectivity index (χ4n) is 5.52. The maximum absolute atomic E-state index is 13.2. The average Bonchev–Trinajstić information content (AvgIpc) is 2.97. The van der Waals surface area contributed by atoms with Gasteiger partial charge in [0.15, 0.2) is 11.3 Å². The highest BCUT2D eigenvalue weighted by Crippen LogP contribution is 2.38. The summed E-state index contributed by atoms with van der Waals surface area (Å²) < 4.78 is 5.10. The van der Waals surface area contributed by atoms with Crippen molar-refractivity contribution in [3.05, 3.63) is 32.1 Å². The van der Waals surface area contributed by atoms with E-state index in [1.54, 1.807) is 14.1 Å². The quantitative estimate of drug-likeness (QED) is 0.469. The molecule has 0 radical (unpaired) electrons. The normalized spacial score (nSPS) is 18.7. The zero-order valence-electron chi connectivity index (χ0n) is 17.4. The van der Waals surface area contributed by atoms with Crippen molar-refractivity contribution in [2.45, 2.75) is 76.7 Å². The molecule has 0 spiro atoms. The van der Waals surface area contributed by atoms with Crippen LogP contribution >= 0.6 is 0 Å². The number of hydrogen-bond donors (Lipinski definition) is 0. The van der Waals surface area contributed by atoms with Crippen LogP contribution in [0.3, 0.4) is 0 Å². The lowest BCUT2D eigenvalue weighted by atomic mass is 10.1. The van der Waals surface area contributed by atoms with Gasteiger partial charge in [0, 0.05) is 31.2 Å². The average molecular weight is 396 g/mol. The Labute approximate surface area is 169 Å². The number of fused-ring (bicyclic) bond motifs is 5. The molecule has 29 heavy (non-hydrogen) atoms. The fourth-order valence-corrected chi connectivity index (χ4v) is 5.52. The van der Waals surface area contributed by atoms with E-state index in [1.807, 2.05) is 0 Å². The monoisotopic (exact) mass is 395 g/mol. The number of nitrogens with zero attached hydrogens (tertiary/aromatic N) is 5. The van der Waals surface area contributed by atoms with Crippen molar-refractivity contribution >= 4 is 22.1 Å². The number of aromatic nitrogens is 5. The standard InChI is InChI=1S/C22H29N5O2/c1-25-19-18(21(28)26(2)22(25)29)17-15-12-8-5-9-13-16(15)27(20(17)24-23-19)14-10-6-3-4-7-11-14/h14H,3-13H2,1-2H3. The van der Waals surface area contributed by atoms with Crippen LogP contribution in [0, 0.1) is 0 Å². The summed E-state index contributed by atoms with van der Waals surface area (Å²) in [6, 6.07) is 0.435. The molecule has 0 aromatic carbocycles. The number of aryl methyl sites for hydroxylation is 2. The van der Waals surface area contributed by atoms with Crippen LogP contribution in [0.15, 0.2) is 9.59 Å². The Balaban J connectivity index is 1.91. The summed E-state index contributed by atoms with van der Waals surface area (Å²) in [5, 5.41) is 10.5. The summed E-state index contributed by atoms with van der Waals surface area (Å²) in [6.45, 7) is 0. The first-order chi connectivity index (χ1) is 14.1. The molecule has 0 N–H and O–H groups in total. The molecule has 154 valence electrons. The van der Waals surface area contributed by atoms with E-state index in [0.29, 0.717) is 17.1 Å². The lowest BCUT2D eigenvalue weighted by Crippen LogP contribution is -2.37. The molecule has 7 nitrogen and oxygen atoms in total. The van der Waals surface area contributed by atoms with Gasteiger partial charge in [0.05, 0.1) is 5.39 Å². The van der Waals surface area contributed by atoms with Crippen LogP contribution in [0.1, 0.15) is 75.1 Å². The Kier molecular flexibility index (Phi) is 4.56. The number of rotatable bonds is 1. The van der Waals surface area contributed by atoms with E-state index in [0.717, 1.165) is 30.3 Å². The van der Waals surface area contributed by atoms with Crippen LogP contribution in [0.25, 0.3) is 22.1 Å².